The Morgan fingerprint density at radius 1 is 0.844 bits per heavy atom. The number of carbonyl (C=O) groups excluding carboxylic acids is 2. The number of carboxylic acid groups (broad SMARTS) is 1. The summed E-state index contributed by atoms with van der Waals surface area (Å²) in [5, 5.41) is 23.6. The van der Waals surface area contributed by atoms with Crippen LogP contribution in [0.1, 0.15) is 68.7 Å². The molecular formula is C34H53NO10. The Morgan fingerprint density at radius 2 is 1.33 bits per heavy atom. The van der Waals surface area contributed by atoms with Crippen LogP contribution in [-0.2, 0) is 38.1 Å². The van der Waals surface area contributed by atoms with Crippen LogP contribution in [0, 0.1) is 32.1 Å². The zero-order valence-corrected chi connectivity index (χ0v) is 27.8. The van der Waals surface area contributed by atoms with Crippen LogP contribution in [0.25, 0.3) is 5.57 Å². The van der Waals surface area contributed by atoms with E-state index in [4.69, 9.17) is 23.7 Å². The Balaban J connectivity index is 1.51. The lowest BCUT2D eigenvalue weighted by molar-refractivity contribution is -0.130. The lowest BCUT2D eigenvalue weighted by atomic mass is 9.82. The summed E-state index contributed by atoms with van der Waals surface area (Å²) >= 11 is 0. The molecule has 1 aromatic rings. The molecule has 0 spiro atoms. The van der Waals surface area contributed by atoms with Crippen LogP contribution < -0.4 is 5.32 Å². The lowest BCUT2D eigenvalue weighted by Gasteiger charge is -2.29. The van der Waals surface area contributed by atoms with Gasteiger partial charge < -0.3 is 44.0 Å². The molecule has 0 heterocycles. The van der Waals surface area contributed by atoms with Gasteiger partial charge in [-0.15, -0.1) is 0 Å². The molecule has 1 saturated carbocycles. The molecule has 1 aromatic carbocycles. The van der Waals surface area contributed by atoms with E-state index < -0.39 is 12.0 Å². The summed E-state index contributed by atoms with van der Waals surface area (Å²) in [6.45, 7) is 14.4. The summed E-state index contributed by atoms with van der Waals surface area (Å²) in [7, 11) is 0. The highest BCUT2D eigenvalue weighted by Crippen LogP contribution is 2.36. The fourth-order valence-corrected chi connectivity index (χ4v) is 5.39. The Bertz CT molecular complexity index is 1100. The van der Waals surface area contributed by atoms with E-state index in [0.29, 0.717) is 64.7 Å². The van der Waals surface area contributed by atoms with Gasteiger partial charge in [0.2, 0.25) is 5.91 Å². The van der Waals surface area contributed by atoms with Crippen LogP contribution in [0.4, 0.5) is 0 Å². The molecule has 1 aliphatic carbocycles. The monoisotopic (exact) mass is 635 g/mol. The fraction of sp³-hybridized carbons (Fsp3) is 0.676. The van der Waals surface area contributed by atoms with Crippen molar-refractivity contribution in [1.82, 2.24) is 5.32 Å². The summed E-state index contributed by atoms with van der Waals surface area (Å²) in [5.74, 6) is -1.69. The summed E-state index contributed by atoms with van der Waals surface area (Å²) in [6, 6.07) is 3.32. The highest BCUT2D eigenvalue weighted by molar-refractivity contribution is 6.17. The van der Waals surface area contributed by atoms with Gasteiger partial charge in [-0.2, -0.15) is 0 Å². The molecule has 0 saturated heterocycles. The lowest BCUT2D eigenvalue weighted by Crippen LogP contribution is -2.46. The van der Waals surface area contributed by atoms with Crippen molar-refractivity contribution in [2.24, 2.45) is 11.3 Å². The first-order chi connectivity index (χ1) is 21.3. The molecule has 11 nitrogen and oxygen atoms in total. The first-order valence-corrected chi connectivity index (χ1v) is 15.8. The first-order valence-electron chi connectivity index (χ1n) is 15.8. The third kappa shape index (κ3) is 13.6. The second-order valence-corrected chi connectivity index (χ2v) is 12.6. The molecule has 1 unspecified atom stereocenters. The quantitative estimate of drug-likeness (QED) is 0.0818. The highest BCUT2D eigenvalue weighted by atomic mass is 16.6. The van der Waals surface area contributed by atoms with Crippen molar-refractivity contribution in [2.75, 3.05) is 59.5 Å². The number of aryl methyl sites for hydroxylation is 3. The second-order valence-electron chi connectivity index (χ2n) is 12.6. The number of rotatable bonds is 20. The van der Waals surface area contributed by atoms with Crippen molar-refractivity contribution in [2.45, 2.75) is 79.4 Å². The average molecular weight is 636 g/mol. The molecule has 45 heavy (non-hydrogen) atoms. The van der Waals surface area contributed by atoms with Gasteiger partial charge in [-0.25, -0.2) is 4.79 Å². The van der Waals surface area contributed by atoms with Crippen LogP contribution in [0.3, 0.4) is 0 Å². The van der Waals surface area contributed by atoms with E-state index in [1.54, 1.807) is 0 Å². The molecule has 0 bridgehead atoms. The number of ether oxygens (including phenoxy) is 5. The number of carbonyl (C=O) groups is 3. The van der Waals surface area contributed by atoms with Gasteiger partial charge >= 0.3 is 5.97 Å². The number of hydrogen-bond donors (Lipinski definition) is 3. The Labute approximate surface area is 267 Å². The van der Waals surface area contributed by atoms with Crippen molar-refractivity contribution in [3.8, 4) is 0 Å². The molecule has 11 heteroatoms. The van der Waals surface area contributed by atoms with Crippen molar-refractivity contribution >= 4 is 23.7 Å². The van der Waals surface area contributed by atoms with Crippen molar-refractivity contribution in [3.63, 3.8) is 0 Å². The van der Waals surface area contributed by atoms with Gasteiger partial charge in [0, 0.05) is 5.92 Å². The van der Waals surface area contributed by atoms with Crippen LogP contribution in [0.2, 0.25) is 0 Å². The normalized spacial score (nSPS) is 18.3. The molecule has 0 radical (unpaired) electrons. The molecule has 3 N–H and O–H groups in total. The number of nitrogens with one attached hydrogen (secondary N) is 1. The number of aliphatic carboxylic acids is 1. The zero-order chi connectivity index (χ0) is 33.4. The largest absolute Gasteiger partial charge is 0.511 e. The molecule has 1 amide bonds. The maximum atomic E-state index is 12.2. The molecule has 2 rings (SSSR count). The minimum absolute atomic E-state index is 0.00834. The molecule has 1 fully saturated rings. The highest BCUT2D eigenvalue weighted by Gasteiger charge is 2.30. The third-order valence-electron chi connectivity index (χ3n) is 7.77. The Kier molecular flexibility index (Phi) is 16.7. The van der Waals surface area contributed by atoms with Crippen molar-refractivity contribution < 1.29 is 48.3 Å². The van der Waals surface area contributed by atoms with Gasteiger partial charge in [-0.3, -0.25) is 4.79 Å². The standard InChI is InChI=1S/C34H53NO10/c1-23-19-24(2)30(25(3)20-23)31(33(39)40)32(38)26-7-9-27(10-8-26)45-18-17-43-14-13-41-11-12-42-15-16-44-22-29(37)35-28(21-36)34(4,5)6/h19-21,26-28,38H,7-18,22H2,1-6H3,(H,35,37)(H,39,40)/b32-31+. The average Bonchev–Trinajstić information content (AvgIpc) is 2.97. The number of benzene rings is 1. The maximum absolute atomic E-state index is 12.2. The number of amides is 1. The Morgan fingerprint density at radius 3 is 1.80 bits per heavy atom. The van der Waals surface area contributed by atoms with E-state index >= 15 is 0 Å². The van der Waals surface area contributed by atoms with Gasteiger partial charge in [-0.1, -0.05) is 38.5 Å². The van der Waals surface area contributed by atoms with Crippen LogP contribution >= 0.6 is 0 Å². The number of carboxylic acids is 1. The number of aliphatic hydroxyl groups excluding tert-OH is 1. The van der Waals surface area contributed by atoms with Gasteiger partial charge in [0.25, 0.3) is 0 Å². The van der Waals surface area contributed by atoms with E-state index in [1.807, 2.05) is 53.7 Å². The van der Waals surface area contributed by atoms with E-state index in [2.05, 4.69) is 5.32 Å². The molecule has 1 aliphatic rings. The third-order valence-corrected chi connectivity index (χ3v) is 7.77. The predicted octanol–water partition coefficient (Wildman–Crippen LogP) is 4.34. The predicted molar refractivity (Wildman–Crippen MR) is 170 cm³/mol. The zero-order valence-electron chi connectivity index (χ0n) is 27.8. The van der Waals surface area contributed by atoms with E-state index in [9.17, 15) is 24.6 Å². The number of aliphatic hydroxyl groups is 1. The van der Waals surface area contributed by atoms with Crippen LogP contribution in [0.5, 0.6) is 0 Å². The molecular weight excluding hydrogens is 582 g/mol. The summed E-state index contributed by atoms with van der Waals surface area (Å²) in [4.78, 5) is 35.2. The van der Waals surface area contributed by atoms with E-state index in [0.717, 1.165) is 35.8 Å². The summed E-state index contributed by atoms with van der Waals surface area (Å²) in [5.41, 5.74) is 3.01. The topological polar surface area (TPSA) is 150 Å². The molecule has 254 valence electrons. The Hall–Kier alpha value is -2.83. The van der Waals surface area contributed by atoms with E-state index in [1.165, 1.54) is 0 Å². The van der Waals surface area contributed by atoms with Gasteiger partial charge in [0.15, 0.2) is 0 Å². The van der Waals surface area contributed by atoms with Gasteiger partial charge in [0.1, 0.15) is 24.2 Å². The van der Waals surface area contributed by atoms with E-state index in [-0.39, 0.29) is 47.9 Å². The minimum Gasteiger partial charge on any atom is -0.511 e. The maximum Gasteiger partial charge on any atom is 0.339 e. The smallest absolute Gasteiger partial charge is 0.339 e. The van der Waals surface area contributed by atoms with Crippen LogP contribution in [-0.4, -0.2) is 100.0 Å². The van der Waals surface area contributed by atoms with Crippen LogP contribution in [0.15, 0.2) is 17.9 Å². The molecule has 0 aliphatic heterocycles. The number of aldehydes is 1. The SMILES string of the molecule is Cc1cc(C)c(/C(C(=O)O)=C(\O)C2CCC(OCCOCCOCCOCCOCC(=O)NC(C=O)C(C)(C)C)CC2)c(C)c1. The van der Waals surface area contributed by atoms with Crippen molar-refractivity contribution in [1.29, 1.82) is 0 Å². The fourth-order valence-electron chi connectivity index (χ4n) is 5.39. The van der Waals surface area contributed by atoms with Gasteiger partial charge in [0.05, 0.1) is 65.0 Å². The van der Waals surface area contributed by atoms with Crippen molar-refractivity contribution in [3.05, 3.63) is 40.1 Å². The molecule has 1 atom stereocenters. The second kappa shape index (κ2) is 19.6. The number of allylic oxidation sites excluding steroid dienone is 1. The van der Waals surface area contributed by atoms with Gasteiger partial charge in [-0.05, 0) is 68.6 Å². The first kappa shape index (κ1) is 38.4. The molecule has 0 aromatic heterocycles. The summed E-state index contributed by atoms with van der Waals surface area (Å²) < 4.78 is 27.7. The summed E-state index contributed by atoms with van der Waals surface area (Å²) in [6.07, 6.45) is 3.59. The number of hydrogen-bond acceptors (Lipinski definition) is 9. The minimum atomic E-state index is -1.11.